The number of nitrogens with one attached hydrogen (secondary N) is 2. The second kappa shape index (κ2) is 4.69. The molecule has 0 atom stereocenters. The van der Waals surface area contributed by atoms with Crippen LogP contribution in [0, 0.1) is 5.92 Å². The lowest BCUT2D eigenvalue weighted by atomic mass is 10.2. The summed E-state index contributed by atoms with van der Waals surface area (Å²) in [5, 5.41) is 6.58. The van der Waals surface area contributed by atoms with E-state index in [0.717, 1.165) is 23.9 Å². The number of nitrogens with zero attached hydrogens (tertiary/aromatic N) is 1. The number of nitrogens with two attached hydrogens (primary N) is 1. The van der Waals surface area contributed by atoms with Crippen LogP contribution in [0.5, 0.6) is 0 Å². The van der Waals surface area contributed by atoms with Crippen molar-refractivity contribution in [3.8, 4) is 0 Å². The molecule has 1 saturated carbocycles. The van der Waals surface area contributed by atoms with E-state index >= 15 is 0 Å². The Morgan fingerprint density at radius 2 is 2.38 bits per heavy atom. The molecule has 1 aliphatic carbocycles. The molecule has 16 heavy (non-hydrogen) atoms. The molecule has 4 N–H and O–H groups in total. The molecule has 1 fully saturated rings. The monoisotopic (exact) mass is 240 g/mol. The number of carbonyl (C=O) groups excluding carboxylic acids is 1. The highest BCUT2D eigenvalue weighted by Gasteiger charge is 2.22. The summed E-state index contributed by atoms with van der Waals surface area (Å²) in [6, 6.07) is 0. The number of carbonyl (C=O) groups is 1. The quantitative estimate of drug-likeness (QED) is 0.724. The number of rotatable bonds is 5. The largest absolute Gasteiger partial charge is 0.382 e. The summed E-state index contributed by atoms with van der Waals surface area (Å²) in [5.41, 5.74) is 6.14. The molecule has 0 saturated heterocycles. The Morgan fingerprint density at radius 3 is 3.00 bits per heavy atom. The third-order valence-electron chi connectivity index (χ3n) is 2.71. The van der Waals surface area contributed by atoms with Gasteiger partial charge in [-0.2, -0.15) is 4.37 Å². The molecule has 1 heterocycles. The van der Waals surface area contributed by atoms with E-state index in [0.29, 0.717) is 11.4 Å². The van der Waals surface area contributed by atoms with Gasteiger partial charge in [-0.05, 0) is 23.9 Å². The lowest BCUT2D eigenvalue weighted by Crippen LogP contribution is -2.20. The van der Waals surface area contributed by atoms with E-state index in [1.165, 1.54) is 24.4 Å². The minimum Gasteiger partial charge on any atom is -0.382 e. The van der Waals surface area contributed by atoms with Gasteiger partial charge in [-0.1, -0.05) is 12.8 Å². The van der Waals surface area contributed by atoms with Gasteiger partial charge in [0.2, 0.25) is 0 Å². The second-order valence-electron chi connectivity index (χ2n) is 4.01. The molecule has 0 aromatic carbocycles. The van der Waals surface area contributed by atoms with Crippen molar-refractivity contribution in [2.75, 3.05) is 24.6 Å². The van der Waals surface area contributed by atoms with E-state index in [2.05, 4.69) is 15.0 Å². The Kier molecular flexibility index (Phi) is 3.28. The fourth-order valence-corrected chi connectivity index (χ4v) is 2.30. The van der Waals surface area contributed by atoms with Crippen LogP contribution in [0.3, 0.4) is 0 Å². The highest BCUT2D eigenvalue weighted by atomic mass is 32.1. The van der Waals surface area contributed by atoms with Crippen molar-refractivity contribution in [2.24, 2.45) is 5.92 Å². The maximum absolute atomic E-state index is 11.6. The lowest BCUT2D eigenvalue weighted by molar-refractivity contribution is 0.0965. The molecule has 0 unspecified atom stereocenters. The van der Waals surface area contributed by atoms with Crippen LogP contribution in [0.25, 0.3) is 0 Å². The van der Waals surface area contributed by atoms with E-state index in [9.17, 15) is 4.79 Å². The maximum Gasteiger partial charge on any atom is 0.257 e. The van der Waals surface area contributed by atoms with E-state index < -0.39 is 0 Å². The van der Waals surface area contributed by atoms with Crippen molar-refractivity contribution in [2.45, 2.75) is 19.3 Å². The molecule has 6 heteroatoms. The second-order valence-corrected chi connectivity index (χ2v) is 4.78. The third-order valence-corrected chi connectivity index (χ3v) is 3.53. The van der Waals surface area contributed by atoms with Crippen LogP contribution in [0.2, 0.25) is 0 Å². The minimum atomic E-state index is -0.180. The molecule has 5 nitrogen and oxygen atoms in total. The van der Waals surface area contributed by atoms with Crippen LogP contribution in [0.1, 0.15) is 29.6 Å². The SMILES string of the molecule is CNC(=O)c1c(N)nsc1NCCC1CC1. The van der Waals surface area contributed by atoms with Crippen LogP contribution < -0.4 is 16.4 Å². The fourth-order valence-electron chi connectivity index (χ4n) is 1.56. The summed E-state index contributed by atoms with van der Waals surface area (Å²) in [5.74, 6) is 1.000. The molecule has 0 bridgehead atoms. The van der Waals surface area contributed by atoms with Crippen LogP contribution in [0.15, 0.2) is 0 Å². The molecule has 1 amide bonds. The molecule has 88 valence electrons. The third kappa shape index (κ3) is 2.44. The average molecular weight is 240 g/mol. The molecule has 2 rings (SSSR count). The smallest absolute Gasteiger partial charge is 0.257 e. The Bertz CT molecular complexity index is 386. The van der Waals surface area contributed by atoms with Crippen LogP contribution >= 0.6 is 11.5 Å². The first-order valence-corrected chi connectivity index (χ1v) is 6.20. The maximum atomic E-state index is 11.6. The number of amides is 1. The zero-order valence-electron chi connectivity index (χ0n) is 9.25. The average Bonchev–Trinajstić information content (AvgIpc) is 3.02. The Balaban J connectivity index is 1.98. The van der Waals surface area contributed by atoms with Gasteiger partial charge in [0, 0.05) is 13.6 Å². The van der Waals surface area contributed by atoms with Gasteiger partial charge in [-0.3, -0.25) is 4.79 Å². The van der Waals surface area contributed by atoms with E-state index in [1.807, 2.05) is 0 Å². The minimum absolute atomic E-state index is 0.180. The molecule has 0 spiro atoms. The molecule has 1 aromatic heterocycles. The first-order valence-electron chi connectivity index (χ1n) is 5.43. The van der Waals surface area contributed by atoms with Gasteiger partial charge in [0.1, 0.15) is 10.6 Å². The van der Waals surface area contributed by atoms with Gasteiger partial charge in [0.15, 0.2) is 5.82 Å². The molecule has 1 aromatic rings. The van der Waals surface area contributed by atoms with Gasteiger partial charge in [0.25, 0.3) is 5.91 Å². The first kappa shape index (κ1) is 11.2. The van der Waals surface area contributed by atoms with Gasteiger partial charge in [-0.15, -0.1) is 0 Å². The van der Waals surface area contributed by atoms with Crippen molar-refractivity contribution in [1.29, 1.82) is 0 Å². The van der Waals surface area contributed by atoms with E-state index in [4.69, 9.17) is 5.73 Å². The summed E-state index contributed by atoms with van der Waals surface area (Å²) in [6.45, 7) is 0.885. The topological polar surface area (TPSA) is 80.0 Å². The molecule has 0 aliphatic heterocycles. The number of hydrogen-bond acceptors (Lipinski definition) is 5. The summed E-state index contributed by atoms with van der Waals surface area (Å²) in [6.07, 6.45) is 3.84. The normalized spacial score (nSPS) is 14.8. The zero-order valence-corrected chi connectivity index (χ0v) is 10.1. The Hall–Kier alpha value is -1.30. The Labute approximate surface area is 98.6 Å². The number of hydrogen-bond donors (Lipinski definition) is 3. The fraction of sp³-hybridized carbons (Fsp3) is 0.600. The highest BCUT2D eigenvalue weighted by molar-refractivity contribution is 7.11. The van der Waals surface area contributed by atoms with Crippen LogP contribution in [-0.4, -0.2) is 23.9 Å². The summed E-state index contributed by atoms with van der Waals surface area (Å²) in [7, 11) is 1.59. The number of anilines is 2. The van der Waals surface area contributed by atoms with Crippen molar-refractivity contribution in [1.82, 2.24) is 9.69 Å². The first-order chi connectivity index (χ1) is 7.72. The molecule has 1 aliphatic rings. The molecular weight excluding hydrogens is 224 g/mol. The summed E-state index contributed by atoms with van der Waals surface area (Å²) < 4.78 is 4.00. The lowest BCUT2D eigenvalue weighted by Gasteiger charge is -2.05. The number of aromatic nitrogens is 1. The Morgan fingerprint density at radius 1 is 1.62 bits per heavy atom. The summed E-state index contributed by atoms with van der Waals surface area (Å²) >= 11 is 1.24. The van der Waals surface area contributed by atoms with Crippen molar-refractivity contribution < 1.29 is 4.79 Å². The molecule has 0 radical (unpaired) electrons. The highest BCUT2D eigenvalue weighted by Crippen LogP contribution is 2.33. The van der Waals surface area contributed by atoms with E-state index in [1.54, 1.807) is 7.05 Å². The van der Waals surface area contributed by atoms with Gasteiger partial charge in [0.05, 0.1) is 0 Å². The molecular formula is C10H16N4OS. The van der Waals surface area contributed by atoms with Crippen LogP contribution in [0.4, 0.5) is 10.8 Å². The van der Waals surface area contributed by atoms with Crippen molar-refractivity contribution in [3.63, 3.8) is 0 Å². The predicted octanol–water partition coefficient (Wildman–Crippen LogP) is 1.30. The van der Waals surface area contributed by atoms with Crippen molar-refractivity contribution >= 4 is 28.3 Å². The predicted molar refractivity (Wildman–Crippen MR) is 65.7 cm³/mol. The summed E-state index contributed by atoms with van der Waals surface area (Å²) in [4.78, 5) is 11.6. The van der Waals surface area contributed by atoms with Crippen molar-refractivity contribution in [3.05, 3.63) is 5.56 Å². The van der Waals surface area contributed by atoms with E-state index in [-0.39, 0.29) is 5.91 Å². The van der Waals surface area contributed by atoms with Crippen LogP contribution in [-0.2, 0) is 0 Å². The van der Waals surface area contributed by atoms with Gasteiger partial charge < -0.3 is 16.4 Å². The standard InChI is InChI=1S/C10H16N4OS/c1-12-9(15)7-8(11)14-16-10(7)13-5-4-6-2-3-6/h6,13H,2-5H2,1H3,(H2,11,14)(H,12,15). The van der Waals surface area contributed by atoms with Gasteiger partial charge in [-0.25, -0.2) is 0 Å². The van der Waals surface area contributed by atoms with Gasteiger partial charge >= 0.3 is 0 Å². The number of nitrogen functional groups attached to an aromatic ring is 1. The zero-order chi connectivity index (χ0) is 11.5.